The number of aliphatic hydroxyl groups excluding tert-OH is 2. The molecule has 10 heteroatoms. The van der Waals surface area contributed by atoms with Crippen molar-refractivity contribution in [3.63, 3.8) is 0 Å². The summed E-state index contributed by atoms with van der Waals surface area (Å²) >= 11 is 0. The maximum absolute atomic E-state index is 14.0. The van der Waals surface area contributed by atoms with E-state index in [2.05, 4.69) is 0 Å². The first-order chi connectivity index (χ1) is 18.3. The Labute approximate surface area is 225 Å². The van der Waals surface area contributed by atoms with Crippen LogP contribution in [0.15, 0.2) is 53.3 Å². The van der Waals surface area contributed by atoms with Crippen molar-refractivity contribution in [1.29, 1.82) is 0 Å². The summed E-state index contributed by atoms with van der Waals surface area (Å²) in [5, 5.41) is 45.7. The van der Waals surface area contributed by atoms with Gasteiger partial charge in [-0.3, -0.25) is 19.3 Å². The molecule has 0 aromatic heterocycles. The molecule has 6 N–H and O–H groups in total. The molecule has 1 fully saturated rings. The molecular weight excluding hydrogens is 502 g/mol. The Kier molecular flexibility index (Phi) is 6.08. The standard InChI is InChI=1S/C29H31N3O7/c1-31(2)18-12-15(13-8-6-5-7-9-13)23(33)20-16(18)10-14-11-17-22(32(3)4)25(35)21(28(30)38)27(37)29(17,39)26(36)19(14)24(20)34/h5-9,12,14,17,22,33-34,37,39H,10-11H2,1-4H3,(H2,30,38)/t14-,17-,22-,29-/m1/s1. The van der Waals surface area contributed by atoms with Crippen LogP contribution in [0, 0.1) is 11.8 Å². The molecule has 0 aliphatic heterocycles. The highest BCUT2D eigenvalue weighted by Gasteiger charge is 2.64. The normalized spacial score (nSPS) is 26.4. The van der Waals surface area contributed by atoms with Crippen molar-refractivity contribution >= 4 is 28.9 Å². The second-order valence-electron chi connectivity index (χ2n) is 10.9. The van der Waals surface area contributed by atoms with Crippen molar-refractivity contribution in [2.75, 3.05) is 33.1 Å². The van der Waals surface area contributed by atoms with Gasteiger partial charge < -0.3 is 31.1 Å². The van der Waals surface area contributed by atoms with Gasteiger partial charge in [-0.2, -0.15) is 0 Å². The zero-order chi connectivity index (χ0) is 28.5. The maximum atomic E-state index is 14.0. The third kappa shape index (κ3) is 3.59. The molecule has 0 radical (unpaired) electrons. The van der Waals surface area contributed by atoms with E-state index in [4.69, 9.17) is 5.73 Å². The largest absolute Gasteiger partial charge is 0.508 e. The van der Waals surface area contributed by atoms with Crippen molar-refractivity contribution in [1.82, 2.24) is 4.90 Å². The number of nitrogens with two attached hydrogens (primary N) is 1. The van der Waals surface area contributed by atoms with Crippen molar-refractivity contribution < 1.29 is 34.8 Å². The number of hydrogen-bond donors (Lipinski definition) is 5. The van der Waals surface area contributed by atoms with Crippen molar-refractivity contribution in [2.24, 2.45) is 17.6 Å². The molecule has 3 aliphatic rings. The van der Waals surface area contributed by atoms with Crippen LogP contribution >= 0.6 is 0 Å². The van der Waals surface area contributed by atoms with E-state index in [0.29, 0.717) is 16.7 Å². The van der Waals surface area contributed by atoms with Gasteiger partial charge in [-0.05, 0) is 50.0 Å². The van der Waals surface area contributed by atoms with Gasteiger partial charge in [-0.25, -0.2) is 0 Å². The second kappa shape index (κ2) is 8.96. The molecule has 0 bridgehead atoms. The molecule has 2 aromatic rings. The third-order valence-electron chi connectivity index (χ3n) is 8.26. The Morgan fingerprint density at radius 1 is 1.05 bits per heavy atom. The number of nitrogens with zero attached hydrogens (tertiary/aromatic N) is 2. The highest BCUT2D eigenvalue weighted by atomic mass is 16.3. The van der Waals surface area contributed by atoms with Gasteiger partial charge in [-0.15, -0.1) is 0 Å². The van der Waals surface area contributed by atoms with E-state index in [1.54, 1.807) is 14.1 Å². The van der Waals surface area contributed by atoms with E-state index >= 15 is 0 Å². The van der Waals surface area contributed by atoms with Crippen LogP contribution in [-0.2, 0) is 20.8 Å². The summed E-state index contributed by atoms with van der Waals surface area (Å²) in [7, 11) is 6.80. The first-order valence-electron chi connectivity index (χ1n) is 12.6. The summed E-state index contributed by atoms with van der Waals surface area (Å²) in [6.07, 6.45) is 0.268. The summed E-state index contributed by atoms with van der Waals surface area (Å²) in [6, 6.07) is 9.79. The molecule has 2 aromatic carbocycles. The lowest BCUT2D eigenvalue weighted by atomic mass is 9.57. The average molecular weight is 534 g/mol. The van der Waals surface area contributed by atoms with Gasteiger partial charge in [0.05, 0.1) is 11.6 Å². The Hall–Kier alpha value is -4.15. The smallest absolute Gasteiger partial charge is 0.255 e. The molecule has 0 saturated heterocycles. The van der Waals surface area contributed by atoms with Gasteiger partial charge in [0.15, 0.2) is 11.4 Å². The third-order valence-corrected chi connectivity index (χ3v) is 8.26. The van der Waals surface area contributed by atoms with E-state index in [1.165, 1.54) is 4.90 Å². The minimum Gasteiger partial charge on any atom is -0.508 e. The topological polar surface area (TPSA) is 165 Å². The molecular formula is C29H31N3O7. The van der Waals surface area contributed by atoms with E-state index in [9.17, 15) is 34.8 Å². The van der Waals surface area contributed by atoms with Crippen LogP contribution in [0.2, 0.25) is 0 Å². The monoisotopic (exact) mass is 533 g/mol. The number of phenolic OH excluding ortho intramolecular Hbond substituents is 1. The SMILES string of the molecule is CN(C)c1cc(-c2ccccc2)c(O)c2c1C[C@@H]1C[C@@H]3[C@@H](N(C)C)C(=O)C(C(N)=O)=C(O)[C@]3(O)C(=O)C1=C2O. The fourth-order valence-corrected chi connectivity index (χ4v) is 6.53. The number of ketones is 2. The molecule has 204 valence electrons. The number of aliphatic hydroxyl groups is 3. The quantitative estimate of drug-likeness (QED) is 0.368. The van der Waals surface area contributed by atoms with Crippen LogP contribution in [0.1, 0.15) is 17.5 Å². The Morgan fingerprint density at radius 3 is 2.26 bits per heavy atom. The predicted octanol–water partition coefficient (Wildman–Crippen LogP) is 1.70. The van der Waals surface area contributed by atoms with Crippen LogP contribution in [-0.4, -0.2) is 82.6 Å². The number of anilines is 1. The number of phenols is 1. The van der Waals surface area contributed by atoms with Gasteiger partial charge in [-0.1, -0.05) is 30.3 Å². The molecule has 5 rings (SSSR count). The molecule has 0 spiro atoms. The van der Waals surface area contributed by atoms with E-state index in [1.807, 2.05) is 55.4 Å². The van der Waals surface area contributed by atoms with Crippen LogP contribution < -0.4 is 10.6 Å². The van der Waals surface area contributed by atoms with Crippen LogP contribution in [0.3, 0.4) is 0 Å². The maximum Gasteiger partial charge on any atom is 0.255 e. The molecule has 0 unspecified atom stereocenters. The summed E-state index contributed by atoms with van der Waals surface area (Å²) in [5.41, 5.74) is 4.25. The number of aromatic hydroxyl groups is 1. The number of carbonyl (C=O) groups is 3. The fourth-order valence-electron chi connectivity index (χ4n) is 6.53. The molecule has 1 saturated carbocycles. The number of Topliss-reactive ketones (excluding diaryl/α,β-unsaturated/α-hetero) is 2. The van der Waals surface area contributed by atoms with Gasteiger partial charge >= 0.3 is 0 Å². The number of primary amides is 1. The van der Waals surface area contributed by atoms with Crippen molar-refractivity contribution in [3.05, 3.63) is 64.4 Å². The zero-order valence-electron chi connectivity index (χ0n) is 22.1. The summed E-state index contributed by atoms with van der Waals surface area (Å²) in [5.74, 6) is -6.66. The van der Waals surface area contributed by atoms with Gasteiger partial charge in [0, 0.05) is 36.8 Å². The van der Waals surface area contributed by atoms with Crippen LogP contribution in [0.4, 0.5) is 5.69 Å². The predicted molar refractivity (Wildman–Crippen MR) is 144 cm³/mol. The second-order valence-corrected chi connectivity index (χ2v) is 10.9. The molecule has 4 atom stereocenters. The van der Waals surface area contributed by atoms with Crippen molar-refractivity contribution in [3.8, 4) is 16.9 Å². The molecule has 0 heterocycles. The summed E-state index contributed by atoms with van der Waals surface area (Å²) in [6.45, 7) is 0. The average Bonchev–Trinajstić information content (AvgIpc) is 2.86. The Bertz CT molecular complexity index is 1490. The van der Waals surface area contributed by atoms with E-state index in [-0.39, 0.29) is 29.7 Å². The number of amides is 1. The number of hydrogen-bond acceptors (Lipinski definition) is 9. The number of carbonyl (C=O) groups excluding carboxylic acids is 3. The highest BCUT2D eigenvalue weighted by molar-refractivity contribution is 6.24. The minimum absolute atomic E-state index is 0.0415. The molecule has 1 amide bonds. The lowest BCUT2D eigenvalue weighted by Crippen LogP contribution is -2.65. The number of fused-ring (bicyclic) bond motifs is 3. The first-order valence-corrected chi connectivity index (χ1v) is 12.6. The van der Waals surface area contributed by atoms with Crippen LogP contribution in [0.25, 0.3) is 16.9 Å². The minimum atomic E-state index is -2.67. The molecule has 10 nitrogen and oxygen atoms in total. The summed E-state index contributed by atoms with van der Waals surface area (Å²) in [4.78, 5) is 42.7. The molecule has 39 heavy (non-hydrogen) atoms. The lowest BCUT2D eigenvalue weighted by Gasteiger charge is -2.50. The Morgan fingerprint density at radius 2 is 1.69 bits per heavy atom. The molecule has 3 aliphatic carbocycles. The van der Waals surface area contributed by atoms with Gasteiger partial charge in [0.1, 0.15) is 22.8 Å². The Balaban J connectivity index is 1.78. The zero-order valence-corrected chi connectivity index (χ0v) is 22.1. The van der Waals surface area contributed by atoms with Gasteiger partial charge in [0.2, 0.25) is 5.78 Å². The lowest BCUT2D eigenvalue weighted by molar-refractivity contribution is -0.153. The first kappa shape index (κ1) is 26.5. The van der Waals surface area contributed by atoms with Crippen molar-refractivity contribution in [2.45, 2.75) is 24.5 Å². The number of benzene rings is 2. The number of likely N-dealkylation sites (N-methyl/N-ethyl adjacent to an activating group) is 1. The number of rotatable bonds is 4. The fraction of sp³-hybridized carbons (Fsp3) is 0.345. The highest BCUT2D eigenvalue weighted by Crippen LogP contribution is 2.54. The summed E-state index contributed by atoms with van der Waals surface area (Å²) < 4.78 is 0. The van der Waals surface area contributed by atoms with Crippen LogP contribution in [0.5, 0.6) is 5.75 Å². The van der Waals surface area contributed by atoms with E-state index < -0.39 is 58.0 Å². The van der Waals surface area contributed by atoms with E-state index in [0.717, 1.165) is 5.69 Å². The van der Waals surface area contributed by atoms with Gasteiger partial charge in [0.25, 0.3) is 5.91 Å².